The molecule has 2 heterocycles. The minimum Gasteiger partial charge on any atom is -0.494 e. The van der Waals surface area contributed by atoms with Crippen molar-refractivity contribution in [2.75, 3.05) is 0 Å². The molecule has 4 N–H and O–H groups in total. The lowest BCUT2D eigenvalue weighted by Gasteiger charge is -2.11. The first-order valence-corrected chi connectivity index (χ1v) is 8.32. The van der Waals surface area contributed by atoms with Crippen molar-refractivity contribution in [3.63, 3.8) is 0 Å². The zero-order valence-electron chi connectivity index (χ0n) is 13.9. The molecule has 0 spiro atoms. The standard InChI is InChI=1S/C17H15N5O4S/c23-13-11(8-18-12-9-19-16(26)20-14(12)24)15(25)22(17(27)21-13)7-6-10-4-2-1-3-5-10/h1-5,8-9,25H,6-7H2,(H,21,23,27)(H2,19,20,24,26). The van der Waals surface area contributed by atoms with E-state index in [1.165, 1.54) is 4.57 Å². The van der Waals surface area contributed by atoms with Crippen LogP contribution in [0.3, 0.4) is 0 Å². The summed E-state index contributed by atoms with van der Waals surface area (Å²) in [6, 6.07) is 9.59. The minimum atomic E-state index is -0.720. The van der Waals surface area contributed by atoms with Gasteiger partial charge in [0.25, 0.3) is 11.1 Å². The molecule has 0 radical (unpaired) electrons. The van der Waals surface area contributed by atoms with E-state index in [0.29, 0.717) is 13.0 Å². The highest BCUT2D eigenvalue weighted by molar-refractivity contribution is 7.71. The van der Waals surface area contributed by atoms with Crippen molar-refractivity contribution in [3.8, 4) is 5.88 Å². The molecule has 0 unspecified atom stereocenters. The van der Waals surface area contributed by atoms with Crippen molar-refractivity contribution in [1.82, 2.24) is 19.5 Å². The molecular formula is C17H15N5O4S. The van der Waals surface area contributed by atoms with Crippen LogP contribution >= 0.6 is 12.2 Å². The zero-order chi connectivity index (χ0) is 19.4. The van der Waals surface area contributed by atoms with Crippen molar-refractivity contribution in [2.24, 2.45) is 4.99 Å². The van der Waals surface area contributed by atoms with Crippen LogP contribution in [0.4, 0.5) is 5.69 Å². The third kappa shape index (κ3) is 4.18. The smallest absolute Gasteiger partial charge is 0.325 e. The summed E-state index contributed by atoms with van der Waals surface area (Å²) in [5.41, 5.74) is -1.26. The van der Waals surface area contributed by atoms with Gasteiger partial charge in [-0.25, -0.2) is 9.79 Å². The van der Waals surface area contributed by atoms with Gasteiger partial charge in [0.2, 0.25) is 5.88 Å². The van der Waals surface area contributed by atoms with E-state index in [1.807, 2.05) is 35.3 Å². The summed E-state index contributed by atoms with van der Waals surface area (Å²) in [5.74, 6) is -0.357. The third-order valence-electron chi connectivity index (χ3n) is 3.81. The van der Waals surface area contributed by atoms with E-state index < -0.39 is 16.8 Å². The second-order valence-electron chi connectivity index (χ2n) is 5.60. The van der Waals surface area contributed by atoms with E-state index >= 15 is 0 Å². The molecule has 0 amide bonds. The van der Waals surface area contributed by atoms with E-state index in [1.54, 1.807) is 0 Å². The number of aliphatic imine (C=N–C) groups is 1. The third-order valence-corrected chi connectivity index (χ3v) is 4.13. The van der Waals surface area contributed by atoms with E-state index in [9.17, 15) is 19.5 Å². The van der Waals surface area contributed by atoms with Crippen LogP contribution in [-0.2, 0) is 13.0 Å². The van der Waals surface area contributed by atoms with E-state index in [-0.39, 0.29) is 21.9 Å². The van der Waals surface area contributed by atoms with Gasteiger partial charge >= 0.3 is 5.69 Å². The lowest BCUT2D eigenvalue weighted by molar-refractivity contribution is 0.403. The Balaban J connectivity index is 1.95. The fourth-order valence-corrected chi connectivity index (χ4v) is 2.69. The van der Waals surface area contributed by atoms with Crippen molar-refractivity contribution < 1.29 is 5.11 Å². The molecule has 0 atom stereocenters. The molecule has 138 valence electrons. The molecule has 27 heavy (non-hydrogen) atoms. The molecule has 0 aliphatic rings. The van der Waals surface area contributed by atoms with E-state index in [0.717, 1.165) is 18.0 Å². The first-order chi connectivity index (χ1) is 13.0. The Morgan fingerprint density at radius 3 is 2.56 bits per heavy atom. The summed E-state index contributed by atoms with van der Waals surface area (Å²) in [5, 5.41) is 10.5. The van der Waals surface area contributed by atoms with Gasteiger partial charge in [0.15, 0.2) is 4.77 Å². The molecule has 3 rings (SSSR count). The monoisotopic (exact) mass is 385 g/mol. The Morgan fingerprint density at radius 2 is 1.85 bits per heavy atom. The summed E-state index contributed by atoms with van der Waals surface area (Å²) in [7, 11) is 0. The van der Waals surface area contributed by atoms with Crippen LogP contribution in [0.1, 0.15) is 11.1 Å². The van der Waals surface area contributed by atoms with Crippen molar-refractivity contribution in [1.29, 1.82) is 0 Å². The number of benzene rings is 1. The number of nitrogens with zero attached hydrogens (tertiary/aromatic N) is 2. The number of rotatable bonds is 5. The highest BCUT2D eigenvalue weighted by Gasteiger charge is 2.11. The molecule has 0 saturated heterocycles. The minimum absolute atomic E-state index is 0.0764. The summed E-state index contributed by atoms with van der Waals surface area (Å²) < 4.78 is 1.45. The first kappa shape index (κ1) is 18.3. The van der Waals surface area contributed by atoms with Gasteiger partial charge in [-0.1, -0.05) is 30.3 Å². The van der Waals surface area contributed by atoms with Crippen molar-refractivity contribution in [3.05, 3.63) is 83.6 Å². The van der Waals surface area contributed by atoms with Gasteiger partial charge in [-0.3, -0.25) is 24.1 Å². The molecule has 2 aromatic heterocycles. The molecule has 10 heteroatoms. The fraction of sp³-hybridized carbons (Fsp3) is 0.118. The SMILES string of the molecule is O=c1[nH]cc(N=Cc2c(O)n(CCc3ccccc3)c(=S)[nH]c2=O)c(=O)[nH]1. The number of hydrogen-bond acceptors (Lipinski definition) is 6. The number of aromatic hydroxyl groups is 1. The maximum absolute atomic E-state index is 12.1. The van der Waals surface area contributed by atoms with Gasteiger partial charge in [0.1, 0.15) is 11.3 Å². The van der Waals surface area contributed by atoms with Crippen LogP contribution in [0.2, 0.25) is 0 Å². The van der Waals surface area contributed by atoms with E-state index in [2.05, 4.69) is 15.0 Å². The predicted octanol–water partition coefficient (Wildman–Crippen LogP) is 0.981. The number of aryl methyl sites for hydroxylation is 1. The molecule has 0 saturated carbocycles. The lowest BCUT2D eigenvalue weighted by Crippen LogP contribution is -2.21. The maximum Gasteiger partial charge on any atom is 0.325 e. The molecule has 0 bridgehead atoms. The zero-order valence-corrected chi connectivity index (χ0v) is 14.7. The first-order valence-electron chi connectivity index (χ1n) is 7.92. The molecular weight excluding hydrogens is 370 g/mol. The highest BCUT2D eigenvalue weighted by Crippen LogP contribution is 2.14. The number of aromatic amines is 3. The van der Waals surface area contributed by atoms with Crippen LogP contribution in [0.15, 0.2) is 55.9 Å². The molecule has 3 aromatic rings. The van der Waals surface area contributed by atoms with Crippen LogP contribution in [0, 0.1) is 4.77 Å². The Hall–Kier alpha value is -3.53. The Morgan fingerprint density at radius 1 is 1.11 bits per heavy atom. The van der Waals surface area contributed by atoms with Gasteiger partial charge in [0, 0.05) is 19.0 Å². The highest BCUT2D eigenvalue weighted by atomic mass is 32.1. The summed E-state index contributed by atoms with van der Waals surface area (Å²) >= 11 is 5.12. The molecule has 0 fully saturated rings. The molecule has 0 aliphatic heterocycles. The second kappa shape index (κ2) is 7.79. The maximum atomic E-state index is 12.1. The number of hydrogen-bond donors (Lipinski definition) is 4. The normalized spacial score (nSPS) is 11.1. The summed E-state index contributed by atoms with van der Waals surface area (Å²) in [6.07, 6.45) is 2.74. The molecule has 0 aliphatic carbocycles. The number of nitrogens with one attached hydrogen (secondary N) is 3. The van der Waals surface area contributed by atoms with Gasteiger partial charge in [-0.2, -0.15) is 0 Å². The average molecular weight is 385 g/mol. The van der Waals surface area contributed by atoms with Crippen molar-refractivity contribution in [2.45, 2.75) is 13.0 Å². The fourth-order valence-electron chi connectivity index (χ4n) is 2.42. The molecule has 9 nitrogen and oxygen atoms in total. The largest absolute Gasteiger partial charge is 0.494 e. The average Bonchev–Trinajstić information content (AvgIpc) is 2.63. The topological polar surface area (TPSA) is 136 Å². The Kier molecular flexibility index (Phi) is 5.27. The summed E-state index contributed by atoms with van der Waals surface area (Å²) in [4.78, 5) is 45.4. The molecule has 1 aromatic carbocycles. The van der Waals surface area contributed by atoms with Gasteiger partial charge in [-0.05, 0) is 24.2 Å². The number of H-pyrrole nitrogens is 3. The van der Waals surface area contributed by atoms with Gasteiger partial charge in [0.05, 0.1) is 0 Å². The van der Waals surface area contributed by atoms with Crippen LogP contribution in [0.25, 0.3) is 0 Å². The van der Waals surface area contributed by atoms with Crippen LogP contribution < -0.4 is 16.8 Å². The van der Waals surface area contributed by atoms with Gasteiger partial charge in [-0.15, -0.1) is 0 Å². The Bertz CT molecular complexity index is 1220. The quantitative estimate of drug-likeness (QED) is 0.383. The van der Waals surface area contributed by atoms with Crippen molar-refractivity contribution >= 4 is 24.1 Å². The number of aromatic nitrogens is 4. The van der Waals surface area contributed by atoms with Crippen LogP contribution in [-0.4, -0.2) is 30.8 Å². The van der Waals surface area contributed by atoms with E-state index in [4.69, 9.17) is 12.2 Å². The Labute approximate surface area is 156 Å². The predicted molar refractivity (Wildman–Crippen MR) is 103 cm³/mol. The van der Waals surface area contributed by atoms with Crippen LogP contribution in [0.5, 0.6) is 5.88 Å². The summed E-state index contributed by atoms with van der Waals surface area (Å²) in [6.45, 7) is 0.339. The van der Waals surface area contributed by atoms with Gasteiger partial charge < -0.3 is 10.1 Å². The second-order valence-corrected chi connectivity index (χ2v) is 5.99. The lowest BCUT2D eigenvalue weighted by atomic mass is 10.1.